The fourth-order valence-electron chi connectivity index (χ4n) is 1.53. The van der Waals surface area contributed by atoms with E-state index in [4.69, 9.17) is 5.11 Å². The highest BCUT2D eigenvalue weighted by atomic mass is 32.2. The monoisotopic (exact) mass is 292 g/mol. The number of rotatable bonds is 4. The fourth-order valence-corrected chi connectivity index (χ4v) is 3.24. The summed E-state index contributed by atoms with van der Waals surface area (Å²) in [6, 6.07) is 8.91. The first-order valence-electron chi connectivity index (χ1n) is 5.83. The minimum absolute atomic E-state index is 0.0312. The Hall–Kier alpha value is -1.28. The number of thioether (sulfide) groups is 1. The van der Waals surface area contributed by atoms with Gasteiger partial charge in [-0.2, -0.15) is 0 Å². The maximum atomic E-state index is 13.5. The third kappa shape index (κ3) is 4.71. The summed E-state index contributed by atoms with van der Waals surface area (Å²) in [4.78, 5) is 0. The minimum atomic E-state index is -0.266. The maximum absolute atomic E-state index is 13.5. The number of aliphatic hydroxyl groups is 1. The van der Waals surface area contributed by atoms with Gasteiger partial charge in [0.05, 0.1) is 10.8 Å². The van der Waals surface area contributed by atoms with Gasteiger partial charge < -0.3 is 5.11 Å². The van der Waals surface area contributed by atoms with Gasteiger partial charge >= 0.3 is 0 Å². The molecular weight excluding hydrogens is 279 g/mol. The zero-order chi connectivity index (χ0) is 13.5. The molecule has 1 aromatic carbocycles. The molecule has 2 rings (SSSR count). The number of thiophene rings is 1. The first kappa shape index (κ1) is 14.1. The lowest BCUT2D eigenvalue weighted by Gasteiger charge is -2.01. The molecule has 98 valence electrons. The Kier molecular flexibility index (Phi) is 5.46. The van der Waals surface area contributed by atoms with Crippen molar-refractivity contribution in [3.05, 3.63) is 52.7 Å². The summed E-state index contributed by atoms with van der Waals surface area (Å²) in [7, 11) is 0. The molecule has 0 fully saturated rings. The number of hydrogen-bond acceptors (Lipinski definition) is 3. The van der Waals surface area contributed by atoms with Crippen LogP contribution < -0.4 is 0 Å². The molecule has 4 heteroatoms. The molecule has 0 aliphatic heterocycles. The van der Waals surface area contributed by atoms with Gasteiger partial charge in [0.25, 0.3) is 0 Å². The van der Waals surface area contributed by atoms with Gasteiger partial charge in [0.1, 0.15) is 5.82 Å². The van der Waals surface area contributed by atoms with Crippen molar-refractivity contribution in [1.82, 2.24) is 0 Å². The normalized spacial score (nSPS) is 10.0. The van der Waals surface area contributed by atoms with Crippen LogP contribution in [0.2, 0.25) is 0 Å². The van der Waals surface area contributed by atoms with Crippen LogP contribution in [-0.4, -0.2) is 11.7 Å². The summed E-state index contributed by atoms with van der Waals surface area (Å²) >= 11 is 3.37. The molecule has 19 heavy (non-hydrogen) atoms. The van der Waals surface area contributed by atoms with Crippen LogP contribution in [0, 0.1) is 17.7 Å². The topological polar surface area (TPSA) is 20.2 Å². The van der Waals surface area contributed by atoms with Crippen molar-refractivity contribution in [3.8, 4) is 11.8 Å². The molecule has 0 aliphatic carbocycles. The molecule has 0 aliphatic rings. The summed E-state index contributed by atoms with van der Waals surface area (Å²) in [5, 5.41) is 10.7. The smallest absolute Gasteiger partial charge is 0.124 e. The first-order chi connectivity index (χ1) is 9.28. The van der Waals surface area contributed by atoms with Gasteiger partial charge in [0.2, 0.25) is 0 Å². The van der Waals surface area contributed by atoms with Gasteiger partial charge in [0.15, 0.2) is 0 Å². The molecule has 0 unspecified atom stereocenters. The molecule has 0 saturated carbocycles. The van der Waals surface area contributed by atoms with Gasteiger partial charge in [-0.05, 0) is 35.2 Å². The van der Waals surface area contributed by atoms with Gasteiger partial charge in [-0.3, -0.25) is 0 Å². The zero-order valence-corrected chi connectivity index (χ0v) is 11.9. The van der Waals surface area contributed by atoms with Crippen molar-refractivity contribution in [1.29, 1.82) is 0 Å². The second-order valence-corrected chi connectivity index (χ2v) is 6.07. The van der Waals surface area contributed by atoms with E-state index < -0.39 is 0 Å². The van der Waals surface area contributed by atoms with Gasteiger partial charge in [-0.15, -0.1) is 23.1 Å². The number of hydrogen-bond donors (Lipinski definition) is 1. The predicted molar refractivity (Wildman–Crippen MR) is 78.9 cm³/mol. The maximum Gasteiger partial charge on any atom is 0.124 e. The number of halogens is 1. The lowest BCUT2D eigenvalue weighted by Crippen LogP contribution is -1.87. The molecular formula is C15H13FOS2. The summed E-state index contributed by atoms with van der Waals surface area (Å²) in [5.41, 5.74) is 1.59. The van der Waals surface area contributed by atoms with E-state index in [0.29, 0.717) is 12.0 Å². The van der Waals surface area contributed by atoms with Crippen LogP contribution in [0.4, 0.5) is 4.39 Å². The van der Waals surface area contributed by atoms with Crippen LogP contribution in [0.3, 0.4) is 0 Å². The van der Waals surface area contributed by atoms with Gasteiger partial charge in [0, 0.05) is 17.7 Å². The largest absolute Gasteiger partial charge is 0.395 e. The second kappa shape index (κ2) is 7.34. The number of aliphatic hydroxyl groups excluding tert-OH is 1. The third-order valence-electron chi connectivity index (χ3n) is 2.30. The van der Waals surface area contributed by atoms with E-state index in [0.717, 1.165) is 11.3 Å². The fraction of sp³-hybridized carbons (Fsp3) is 0.200. The van der Waals surface area contributed by atoms with Crippen LogP contribution in [-0.2, 0) is 5.75 Å². The molecule has 0 spiro atoms. The number of benzene rings is 1. The lowest BCUT2D eigenvalue weighted by molar-refractivity contribution is 0.305. The van der Waals surface area contributed by atoms with Crippen LogP contribution in [0.25, 0.3) is 0 Å². The van der Waals surface area contributed by atoms with Crippen LogP contribution >= 0.6 is 23.1 Å². The van der Waals surface area contributed by atoms with E-state index in [1.165, 1.54) is 16.3 Å². The van der Waals surface area contributed by atoms with E-state index >= 15 is 0 Å². The van der Waals surface area contributed by atoms with Crippen LogP contribution in [0.1, 0.15) is 17.5 Å². The Bertz CT molecular complexity index is 582. The third-order valence-corrected chi connectivity index (χ3v) is 4.51. The van der Waals surface area contributed by atoms with Crippen molar-refractivity contribution in [2.45, 2.75) is 16.4 Å². The average Bonchev–Trinajstić information content (AvgIpc) is 2.89. The summed E-state index contributed by atoms with van der Waals surface area (Å²) in [6.45, 7) is 0.0312. The van der Waals surface area contributed by atoms with E-state index in [9.17, 15) is 4.39 Å². The highest BCUT2D eigenvalue weighted by Gasteiger charge is 2.01. The van der Waals surface area contributed by atoms with E-state index in [2.05, 4.69) is 17.9 Å². The Morgan fingerprint density at radius 2 is 2.21 bits per heavy atom. The molecule has 0 amide bonds. The standard InChI is InChI=1S/C15H13FOS2/c16-14-9-12(4-1-2-6-17)8-13(10-14)11-19-15-5-3-7-18-15/h3,5,7-10,17H,2,6,11H2. The van der Waals surface area contributed by atoms with E-state index in [1.807, 2.05) is 17.5 Å². The van der Waals surface area contributed by atoms with E-state index in [1.54, 1.807) is 23.1 Å². The summed E-state index contributed by atoms with van der Waals surface area (Å²) < 4.78 is 14.7. The molecule has 1 heterocycles. The van der Waals surface area contributed by atoms with Crippen molar-refractivity contribution in [3.63, 3.8) is 0 Å². The molecule has 1 aromatic heterocycles. The summed E-state index contributed by atoms with van der Waals surface area (Å²) in [6.07, 6.45) is 0.412. The van der Waals surface area contributed by atoms with Crippen molar-refractivity contribution in [2.75, 3.05) is 6.61 Å². The van der Waals surface area contributed by atoms with Gasteiger partial charge in [-0.25, -0.2) is 4.39 Å². The molecule has 0 atom stereocenters. The predicted octanol–water partition coefficient (Wildman–Crippen LogP) is 3.91. The molecule has 1 N–H and O–H groups in total. The van der Waals surface area contributed by atoms with Crippen molar-refractivity contribution in [2.24, 2.45) is 0 Å². The highest BCUT2D eigenvalue weighted by molar-refractivity contribution is 8.00. The van der Waals surface area contributed by atoms with E-state index in [-0.39, 0.29) is 12.4 Å². The lowest BCUT2D eigenvalue weighted by atomic mass is 10.1. The molecule has 0 bridgehead atoms. The summed E-state index contributed by atoms with van der Waals surface area (Å²) in [5.74, 6) is 6.13. The molecule has 2 aromatic rings. The first-order valence-corrected chi connectivity index (χ1v) is 7.70. The SMILES string of the molecule is OCCC#Cc1cc(F)cc(CSc2cccs2)c1. The van der Waals surface area contributed by atoms with Crippen LogP contribution in [0.15, 0.2) is 39.9 Å². The quantitative estimate of drug-likeness (QED) is 0.681. The van der Waals surface area contributed by atoms with Crippen molar-refractivity contribution >= 4 is 23.1 Å². The molecule has 0 saturated heterocycles. The zero-order valence-electron chi connectivity index (χ0n) is 10.2. The van der Waals surface area contributed by atoms with Gasteiger partial charge in [-0.1, -0.05) is 17.9 Å². The van der Waals surface area contributed by atoms with Crippen molar-refractivity contribution < 1.29 is 9.50 Å². The Morgan fingerprint density at radius 3 is 2.95 bits per heavy atom. The molecule has 0 radical (unpaired) electrons. The highest BCUT2D eigenvalue weighted by Crippen LogP contribution is 2.27. The average molecular weight is 292 g/mol. The Labute approximate surface area is 120 Å². The molecule has 1 nitrogen and oxygen atoms in total. The Morgan fingerprint density at radius 1 is 1.32 bits per heavy atom. The minimum Gasteiger partial charge on any atom is -0.395 e. The second-order valence-electron chi connectivity index (χ2n) is 3.84. The Balaban J connectivity index is 2.06. The van der Waals surface area contributed by atoms with Crippen LogP contribution in [0.5, 0.6) is 0 Å².